The maximum atomic E-state index is 12.5. The summed E-state index contributed by atoms with van der Waals surface area (Å²) in [7, 11) is -3.64. The van der Waals surface area contributed by atoms with E-state index in [1.165, 1.54) is 24.7 Å². The molecule has 1 aromatic heterocycles. The van der Waals surface area contributed by atoms with Gasteiger partial charge in [-0.1, -0.05) is 48.9 Å². The molecule has 0 radical (unpaired) electrons. The van der Waals surface area contributed by atoms with Crippen LogP contribution in [0, 0.1) is 0 Å². The van der Waals surface area contributed by atoms with Gasteiger partial charge in [0, 0.05) is 24.1 Å². The minimum Gasteiger partial charge on any atom is -0.292 e. The monoisotopic (exact) mass is 414 g/mol. The summed E-state index contributed by atoms with van der Waals surface area (Å²) in [5.74, 6) is 0. The fraction of sp³-hybridized carbons (Fsp3) is 0.300. The number of hydrogen-bond donors (Lipinski definition) is 1. The van der Waals surface area contributed by atoms with Crippen molar-refractivity contribution in [2.24, 2.45) is 0 Å². The van der Waals surface area contributed by atoms with Gasteiger partial charge >= 0.3 is 0 Å². The first-order valence-electron chi connectivity index (χ1n) is 9.29. The molecule has 1 aliphatic rings. The van der Waals surface area contributed by atoms with E-state index in [2.05, 4.69) is 43.2 Å². The van der Waals surface area contributed by atoms with Crippen molar-refractivity contribution in [3.8, 4) is 0 Å². The van der Waals surface area contributed by atoms with E-state index < -0.39 is 10.0 Å². The summed E-state index contributed by atoms with van der Waals surface area (Å²) < 4.78 is 31.2. The number of nitrogens with one attached hydrogen (secondary N) is 1. The molecular formula is C20H22N4O2S2. The Morgan fingerprint density at radius 2 is 1.86 bits per heavy atom. The van der Waals surface area contributed by atoms with Gasteiger partial charge in [0.1, 0.15) is 6.33 Å². The van der Waals surface area contributed by atoms with E-state index in [-0.39, 0.29) is 10.0 Å². The Morgan fingerprint density at radius 1 is 1.07 bits per heavy atom. The van der Waals surface area contributed by atoms with Crippen LogP contribution in [0.1, 0.15) is 36.4 Å². The Bertz CT molecular complexity index is 990. The summed E-state index contributed by atoms with van der Waals surface area (Å²) >= 11 is 1.01. The van der Waals surface area contributed by atoms with E-state index in [4.69, 9.17) is 0 Å². The zero-order valence-corrected chi connectivity index (χ0v) is 17.0. The molecule has 1 N–H and O–H groups in total. The minimum absolute atomic E-state index is 0.227. The third-order valence-corrected chi connectivity index (χ3v) is 7.06. The number of hydrogen-bond acceptors (Lipinski definition) is 6. The highest BCUT2D eigenvalue weighted by Gasteiger charge is 2.24. The fourth-order valence-electron chi connectivity index (χ4n) is 3.63. The molecule has 1 atom stereocenters. The van der Waals surface area contributed by atoms with Crippen LogP contribution >= 0.6 is 11.5 Å². The maximum Gasteiger partial charge on any atom is 0.263 e. The number of benzene rings is 2. The molecule has 146 valence electrons. The first-order chi connectivity index (χ1) is 13.6. The molecule has 1 unspecified atom stereocenters. The van der Waals surface area contributed by atoms with Crippen molar-refractivity contribution >= 4 is 26.7 Å². The molecule has 4 rings (SSSR count). The lowest BCUT2D eigenvalue weighted by atomic mass is 9.95. The lowest BCUT2D eigenvalue weighted by Gasteiger charge is -2.36. The zero-order chi connectivity index (χ0) is 19.4. The van der Waals surface area contributed by atoms with Crippen LogP contribution in [-0.2, 0) is 16.6 Å². The highest BCUT2D eigenvalue weighted by Crippen LogP contribution is 2.32. The number of anilines is 1. The third kappa shape index (κ3) is 4.40. The minimum atomic E-state index is -3.64. The highest BCUT2D eigenvalue weighted by molar-refractivity contribution is 7.93. The van der Waals surface area contributed by atoms with E-state index in [0.717, 1.165) is 36.6 Å². The Balaban J connectivity index is 1.48. The van der Waals surface area contributed by atoms with Gasteiger partial charge in [0.25, 0.3) is 10.0 Å². The SMILES string of the molecule is O=S(=O)(Nc1ncns1)c1ccc(CN2CCCCC2c2ccccc2)cc1. The first-order valence-corrected chi connectivity index (χ1v) is 11.5. The molecule has 2 heterocycles. The molecule has 0 bridgehead atoms. The van der Waals surface area contributed by atoms with Crippen LogP contribution in [0.4, 0.5) is 5.13 Å². The summed E-state index contributed by atoms with van der Waals surface area (Å²) in [6, 6.07) is 18.1. The van der Waals surface area contributed by atoms with Gasteiger partial charge in [0.2, 0.25) is 5.13 Å². The van der Waals surface area contributed by atoms with Crippen LogP contribution in [0.2, 0.25) is 0 Å². The van der Waals surface area contributed by atoms with Gasteiger partial charge in [-0.15, -0.1) is 0 Å². The van der Waals surface area contributed by atoms with Gasteiger partial charge in [-0.2, -0.15) is 4.37 Å². The molecule has 0 aliphatic carbocycles. The van der Waals surface area contributed by atoms with Gasteiger partial charge in [0.15, 0.2) is 0 Å². The van der Waals surface area contributed by atoms with Crippen LogP contribution in [0.25, 0.3) is 0 Å². The van der Waals surface area contributed by atoms with Crippen LogP contribution < -0.4 is 4.72 Å². The number of nitrogens with zero attached hydrogens (tertiary/aromatic N) is 3. The lowest BCUT2D eigenvalue weighted by molar-refractivity contribution is 0.140. The predicted octanol–water partition coefficient (Wildman–Crippen LogP) is 4.07. The summed E-state index contributed by atoms with van der Waals surface area (Å²) in [5.41, 5.74) is 2.46. The molecule has 1 aliphatic heterocycles. The Labute approximate surface area is 169 Å². The summed E-state index contributed by atoms with van der Waals surface area (Å²) in [5, 5.41) is 0.267. The first kappa shape index (κ1) is 19.0. The normalized spacial score (nSPS) is 18.1. The van der Waals surface area contributed by atoms with Crippen LogP contribution in [0.15, 0.2) is 65.8 Å². The van der Waals surface area contributed by atoms with Crippen molar-refractivity contribution in [3.63, 3.8) is 0 Å². The molecule has 2 aromatic carbocycles. The molecule has 1 fully saturated rings. The van der Waals surface area contributed by atoms with Gasteiger partial charge in [-0.05, 0) is 42.6 Å². The summed E-state index contributed by atoms with van der Waals surface area (Å²) in [4.78, 5) is 6.58. The van der Waals surface area contributed by atoms with E-state index in [9.17, 15) is 8.42 Å². The molecule has 0 saturated carbocycles. The van der Waals surface area contributed by atoms with Crippen LogP contribution in [0.5, 0.6) is 0 Å². The Kier molecular flexibility index (Phi) is 5.70. The molecule has 1 saturated heterocycles. The van der Waals surface area contributed by atoms with Crippen molar-refractivity contribution < 1.29 is 8.42 Å². The number of sulfonamides is 1. The number of aromatic nitrogens is 2. The van der Waals surface area contributed by atoms with Gasteiger partial charge in [-0.25, -0.2) is 13.4 Å². The standard InChI is InChI=1S/C20H22N4O2S2/c25-28(26,23-20-21-15-22-27-20)18-11-9-16(10-12-18)14-24-13-5-4-8-19(24)17-6-2-1-3-7-17/h1-3,6-7,9-12,15,19H,4-5,8,13-14H2,(H,21,22,23). The van der Waals surface area contributed by atoms with Crippen molar-refractivity contribution in [3.05, 3.63) is 72.1 Å². The smallest absolute Gasteiger partial charge is 0.263 e. The third-order valence-electron chi connectivity index (χ3n) is 5.00. The van der Waals surface area contributed by atoms with Crippen LogP contribution in [-0.4, -0.2) is 29.2 Å². The molecular weight excluding hydrogens is 392 g/mol. The lowest BCUT2D eigenvalue weighted by Crippen LogP contribution is -2.32. The average molecular weight is 415 g/mol. The number of rotatable bonds is 6. The molecule has 28 heavy (non-hydrogen) atoms. The highest BCUT2D eigenvalue weighted by atomic mass is 32.2. The van der Waals surface area contributed by atoms with Gasteiger partial charge in [0.05, 0.1) is 4.90 Å². The fourth-order valence-corrected chi connectivity index (χ4v) is 5.29. The molecule has 0 amide bonds. The van der Waals surface area contributed by atoms with Crippen LogP contribution in [0.3, 0.4) is 0 Å². The van der Waals surface area contributed by atoms with E-state index in [1.807, 2.05) is 18.2 Å². The van der Waals surface area contributed by atoms with E-state index in [1.54, 1.807) is 12.1 Å². The van der Waals surface area contributed by atoms with Crippen molar-refractivity contribution in [1.29, 1.82) is 0 Å². The molecule has 3 aromatic rings. The second kappa shape index (κ2) is 8.38. The van der Waals surface area contributed by atoms with E-state index in [0.29, 0.717) is 6.04 Å². The number of likely N-dealkylation sites (tertiary alicyclic amines) is 1. The molecule has 8 heteroatoms. The predicted molar refractivity (Wildman–Crippen MR) is 111 cm³/mol. The molecule has 0 spiro atoms. The quantitative estimate of drug-likeness (QED) is 0.658. The molecule has 6 nitrogen and oxygen atoms in total. The Morgan fingerprint density at radius 3 is 2.57 bits per heavy atom. The van der Waals surface area contributed by atoms with Crippen molar-refractivity contribution in [2.45, 2.75) is 36.7 Å². The second-order valence-corrected chi connectivity index (χ2v) is 9.35. The Hall–Kier alpha value is -2.29. The largest absolute Gasteiger partial charge is 0.292 e. The number of piperidine rings is 1. The average Bonchev–Trinajstić information content (AvgIpc) is 3.22. The van der Waals surface area contributed by atoms with Crippen molar-refractivity contribution in [2.75, 3.05) is 11.3 Å². The van der Waals surface area contributed by atoms with Gasteiger partial charge in [-0.3, -0.25) is 9.62 Å². The topological polar surface area (TPSA) is 75.2 Å². The zero-order valence-electron chi connectivity index (χ0n) is 15.4. The van der Waals surface area contributed by atoms with E-state index >= 15 is 0 Å². The maximum absolute atomic E-state index is 12.5. The van der Waals surface area contributed by atoms with Crippen molar-refractivity contribution in [1.82, 2.24) is 14.3 Å². The van der Waals surface area contributed by atoms with Gasteiger partial charge < -0.3 is 0 Å². The summed E-state index contributed by atoms with van der Waals surface area (Å²) in [6.45, 7) is 1.86. The second-order valence-electron chi connectivity index (χ2n) is 6.89. The summed E-state index contributed by atoms with van der Waals surface area (Å²) in [6.07, 6.45) is 4.92.